The average molecular weight is 456 g/mol. The van der Waals surface area contributed by atoms with E-state index in [4.69, 9.17) is 21.1 Å². The maximum absolute atomic E-state index is 12.5. The minimum Gasteiger partial charge on any atom is -0.493 e. The van der Waals surface area contributed by atoms with Crippen molar-refractivity contribution in [1.29, 1.82) is 0 Å². The highest BCUT2D eigenvalue weighted by Gasteiger charge is 2.22. The maximum atomic E-state index is 12.5. The Morgan fingerprint density at radius 2 is 1.84 bits per heavy atom. The molecule has 2 aromatic carbocycles. The number of methoxy groups -OCH3 is 2. The fourth-order valence-corrected chi connectivity index (χ4v) is 3.97. The van der Waals surface area contributed by atoms with E-state index in [1.807, 2.05) is 35.0 Å². The lowest BCUT2D eigenvalue weighted by atomic mass is 10.2. The van der Waals surface area contributed by atoms with Gasteiger partial charge in [0.2, 0.25) is 11.9 Å². The highest BCUT2D eigenvalue weighted by Crippen LogP contribution is 2.29. The zero-order valence-electron chi connectivity index (χ0n) is 18.1. The Bertz CT molecular complexity index is 1080. The molecule has 0 radical (unpaired) electrons. The monoisotopic (exact) mass is 455 g/mol. The van der Waals surface area contributed by atoms with Gasteiger partial charge in [-0.15, -0.1) is 0 Å². The number of rotatable bonds is 7. The minimum absolute atomic E-state index is 0.0638. The van der Waals surface area contributed by atoms with Crippen molar-refractivity contribution in [2.75, 3.05) is 57.2 Å². The van der Waals surface area contributed by atoms with Crippen LogP contribution in [0.25, 0.3) is 5.69 Å². The van der Waals surface area contributed by atoms with E-state index in [9.17, 15) is 4.79 Å². The van der Waals surface area contributed by atoms with Crippen molar-refractivity contribution >= 4 is 29.1 Å². The average Bonchev–Trinajstić information content (AvgIpc) is 3.29. The van der Waals surface area contributed by atoms with Crippen LogP contribution in [0.4, 0.5) is 11.6 Å². The van der Waals surface area contributed by atoms with Crippen LogP contribution in [0.3, 0.4) is 0 Å². The van der Waals surface area contributed by atoms with Gasteiger partial charge in [-0.05, 0) is 30.3 Å². The molecule has 1 aromatic heterocycles. The van der Waals surface area contributed by atoms with Gasteiger partial charge in [-0.2, -0.15) is 0 Å². The van der Waals surface area contributed by atoms with Crippen molar-refractivity contribution in [3.8, 4) is 17.2 Å². The Kier molecular flexibility index (Phi) is 6.82. The smallest absolute Gasteiger partial charge is 0.238 e. The summed E-state index contributed by atoms with van der Waals surface area (Å²) in [6.45, 7) is 3.41. The number of benzene rings is 2. The van der Waals surface area contributed by atoms with E-state index in [1.165, 1.54) is 0 Å². The van der Waals surface area contributed by atoms with Crippen LogP contribution in [0.5, 0.6) is 11.5 Å². The Morgan fingerprint density at radius 3 is 2.56 bits per heavy atom. The summed E-state index contributed by atoms with van der Waals surface area (Å²) in [5.74, 6) is 2.01. The molecule has 2 heterocycles. The number of nitrogens with zero attached hydrogens (tertiary/aromatic N) is 4. The molecule has 0 aliphatic carbocycles. The van der Waals surface area contributed by atoms with Gasteiger partial charge in [0.25, 0.3) is 0 Å². The third-order valence-corrected chi connectivity index (χ3v) is 5.63. The van der Waals surface area contributed by atoms with E-state index in [-0.39, 0.29) is 5.91 Å². The van der Waals surface area contributed by atoms with Gasteiger partial charge in [0.15, 0.2) is 11.5 Å². The number of aromatic nitrogens is 2. The maximum Gasteiger partial charge on any atom is 0.238 e. The second-order valence-electron chi connectivity index (χ2n) is 7.46. The zero-order chi connectivity index (χ0) is 22.5. The number of anilines is 2. The topological polar surface area (TPSA) is 71.9 Å². The van der Waals surface area contributed by atoms with Crippen LogP contribution >= 0.6 is 11.6 Å². The van der Waals surface area contributed by atoms with Crippen molar-refractivity contribution in [3.63, 3.8) is 0 Å². The van der Waals surface area contributed by atoms with Crippen LogP contribution in [0.1, 0.15) is 0 Å². The highest BCUT2D eigenvalue weighted by atomic mass is 35.5. The standard InChI is InChI=1S/C23H26ClN5O3/c1-31-20-7-6-18(15-21(20)32-2)26-22(30)16-27-10-12-28(13-11-27)23-25-8-9-29(23)19-5-3-4-17(24)14-19/h3-9,14-15H,10-13,16H2,1-2H3,(H,26,30). The molecule has 0 spiro atoms. The van der Waals surface area contributed by atoms with E-state index >= 15 is 0 Å². The fourth-order valence-electron chi connectivity index (χ4n) is 3.78. The van der Waals surface area contributed by atoms with Gasteiger partial charge < -0.3 is 19.7 Å². The van der Waals surface area contributed by atoms with E-state index in [0.29, 0.717) is 28.8 Å². The third kappa shape index (κ3) is 4.98. The molecule has 32 heavy (non-hydrogen) atoms. The first-order valence-corrected chi connectivity index (χ1v) is 10.7. The molecule has 168 valence electrons. The van der Waals surface area contributed by atoms with Crippen molar-refractivity contribution < 1.29 is 14.3 Å². The number of halogens is 1. The number of ether oxygens (including phenoxy) is 2. The Hall–Kier alpha value is -3.23. The Morgan fingerprint density at radius 1 is 1.06 bits per heavy atom. The molecule has 0 unspecified atom stereocenters. The molecule has 1 saturated heterocycles. The van der Waals surface area contributed by atoms with Gasteiger partial charge >= 0.3 is 0 Å². The van der Waals surface area contributed by atoms with E-state index in [1.54, 1.807) is 38.6 Å². The van der Waals surface area contributed by atoms with Crippen molar-refractivity contribution in [2.45, 2.75) is 0 Å². The third-order valence-electron chi connectivity index (χ3n) is 5.40. The van der Waals surface area contributed by atoms with Crippen LogP contribution in [0, 0.1) is 0 Å². The van der Waals surface area contributed by atoms with Crippen LogP contribution in [0.15, 0.2) is 54.9 Å². The largest absolute Gasteiger partial charge is 0.493 e. The number of carbonyl (C=O) groups is 1. The van der Waals surface area contributed by atoms with E-state index in [2.05, 4.69) is 20.1 Å². The number of nitrogens with one attached hydrogen (secondary N) is 1. The Balaban J connectivity index is 1.33. The fraction of sp³-hybridized carbons (Fsp3) is 0.304. The normalized spacial score (nSPS) is 14.3. The number of hydrogen-bond acceptors (Lipinski definition) is 6. The second-order valence-corrected chi connectivity index (χ2v) is 7.89. The highest BCUT2D eigenvalue weighted by molar-refractivity contribution is 6.30. The molecule has 3 aromatic rings. The SMILES string of the molecule is COc1ccc(NC(=O)CN2CCN(c3nccn3-c3cccc(Cl)c3)CC2)cc1OC. The second kappa shape index (κ2) is 9.93. The van der Waals surface area contributed by atoms with Crippen LogP contribution < -0.4 is 19.7 Å². The lowest BCUT2D eigenvalue weighted by Gasteiger charge is -2.35. The summed E-state index contributed by atoms with van der Waals surface area (Å²) in [4.78, 5) is 21.5. The summed E-state index contributed by atoms with van der Waals surface area (Å²) in [6.07, 6.45) is 3.73. The zero-order valence-corrected chi connectivity index (χ0v) is 18.9. The van der Waals surface area contributed by atoms with Gasteiger partial charge in [0, 0.05) is 61.0 Å². The Labute approximate surface area is 192 Å². The molecular weight excluding hydrogens is 430 g/mol. The van der Waals surface area contributed by atoms with Crippen molar-refractivity contribution in [1.82, 2.24) is 14.5 Å². The van der Waals surface area contributed by atoms with Gasteiger partial charge in [0.1, 0.15) is 0 Å². The van der Waals surface area contributed by atoms with Crippen molar-refractivity contribution in [3.05, 3.63) is 59.9 Å². The summed E-state index contributed by atoms with van der Waals surface area (Å²) >= 11 is 6.15. The van der Waals surface area contributed by atoms with Gasteiger partial charge in [0.05, 0.1) is 20.8 Å². The molecule has 9 heteroatoms. The molecule has 1 aliphatic rings. The molecular formula is C23H26ClN5O3. The molecule has 1 amide bonds. The van der Waals surface area contributed by atoms with Crippen LogP contribution in [0.2, 0.25) is 5.02 Å². The van der Waals surface area contributed by atoms with E-state index in [0.717, 1.165) is 37.8 Å². The predicted octanol–water partition coefficient (Wildman–Crippen LogP) is 3.30. The van der Waals surface area contributed by atoms with E-state index < -0.39 is 0 Å². The summed E-state index contributed by atoms with van der Waals surface area (Å²) in [6, 6.07) is 13.0. The lowest BCUT2D eigenvalue weighted by Crippen LogP contribution is -2.49. The van der Waals surface area contributed by atoms with Gasteiger partial charge in [-0.3, -0.25) is 14.3 Å². The number of amides is 1. The van der Waals surface area contributed by atoms with Gasteiger partial charge in [-0.25, -0.2) is 4.98 Å². The van der Waals surface area contributed by atoms with Crippen LogP contribution in [-0.4, -0.2) is 67.3 Å². The first-order valence-electron chi connectivity index (χ1n) is 10.4. The number of piperazine rings is 1. The summed E-state index contributed by atoms with van der Waals surface area (Å²) in [5.41, 5.74) is 1.65. The molecule has 1 N–H and O–H groups in total. The van der Waals surface area contributed by atoms with Crippen molar-refractivity contribution in [2.24, 2.45) is 0 Å². The molecule has 1 fully saturated rings. The number of hydrogen-bond donors (Lipinski definition) is 1. The number of carbonyl (C=O) groups excluding carboxylic acids is 1. The molecule has 1 aliphatic heterocycles. The molecule has 0 saturated carbocycles. The molecule has 0 bridgehead atoms. The molecule has 0 atom stereocenters. The first kappa shape index (κ1) is 22.0. The molecule has 4 rings (SSSR count). The first-order chi connectivity index (χ1) is 15.6. The minimum atomic E-state index is -0.0638. The summed E-state index contributed by atoms with van der Waals surface area (Å²) < 4.78 is 12.6. The lowest BCUT2D eigenvalue weighted by molar-refractivity contribution is -0.117. The summed E-state index contributed by atoms with van der Waals surface area (Å²) in [7, 11) is 3.15. The number of imidazole rings is 1. The quantitative estimate of drug-likeness (QED) is 0.589. The van der Waals surface area contributed by atoms with Crippen LogP contribution in [-0.2, 0) is 4.79 Å². The van der Waals surface area contributed by atoms with Gasteiger partial charge in [-0.1, -0.05) is 17.7 Å². The predicted molar refractivity (Wildman–Crippen MR) is 125 cm³/mol. The summed E-state index contributed by atoms with van der Waals surface area (Å²) in [5, 5.41) is 3.62. The molecule has 8 nitrogen and oxygen atoms in total.